The summed E-state index contributed by atoms with van der Waals surface area (Å²) in [6.07, 6.45) is -1.41. The third-order valence-electron chi connectivity index (χ3n) is 2.76. The van der Waals surface area contributed by atoms with Crippen LogP contribution in [0.4, 0.5) is 17.6 Å². The van der Waals surface area contributed by atoms with Gasteiger partial charge in [0.1, 0.15) is 11.3 Å². The van der Waals surface area contributed by atoms with Gasteiger partial charge >= 0.3 is 6.18 Å². The molecule has 0 spiro atoms. The van der Waals surface area contributed by atoms with Crippen molar-refractivity contribution in [3.05, 3.63) is 47.6 Å². The number of benzene rings is 1. The van der Waals surface area contributed by atoms with E-state index in [0.29, 0.717) is 0 Å². The van der Waals surface area contributed by atoms with Gasteiger partial charge in [0.2, 0.25) is 5.89 Å². The fraction of sp³-hybridized carbons (Fsp3) is 0.143. The van der Waals surface area contributed by atoms with Gasteiger partial charge in [0.25, 0.3) is 0 Å². The molecule has 0 bridgehead atoms. The number of fused-ring (bicyclic) bond motifs is 1. The minimum atomic E-state index is -4.51. The third kappa shape index (κ3) is 3.16. The highest BCUT2D eigenvalue weighted by Crippen LogP contribution is 2.33. The van der Waals surface area contributed by atoms with Crippen molar-refractivity contribution in [1.29, 1.82) is 0 Å². The molecule has 0 atom stereocenters. The monoisotopic (exact) mass is 314 g/mol. The van der Waals surface area contributed by atoms with E-state index in [1.807, 2.05) is 0 Å². The normalized spacial score (nSPS) is 14.2. The number of halogens is 4. The molecule has 22 heavy (non-hydrogen) atoms. The van der Waals surface area contributed by atoms with E-state index in [1.165, 1.54) is 6.92 Å². The maximum atomic E-state index is 13.8. The van der Waals surface area contributed by atoms with Crippen molar-refractivity contribution < 1.29 is 27.2 Å². The summed E-state index contributed by atoms with van der Waals surface area (Å²) < 4.78 is 57.0. The summed E-state index contributed by atoms with van der Waals surface area (Å²) >= 11 is 0. The van der Waals surface area contributed by atoms with E-state index in [4.69, 9.17) is 9.62 Å². The van der Waals surface area contributed by atoms with Gasteiger partial charge in [0.05, 0.1) is 17.4 Å². The van der Waals surface area contributed by atoms with Crippen molar-refractivity contribution in [2.24, 2.45) is 5.16 Å². The molecule has 2 aromatic rings. The smallest absolute Gasteiger partial charge is 0.416 e. The van der Waals surface area contributed by atoms with Crippen LogP contribution in [0.3, 0.4) is 0 Å². The maximum Gasteiger partial charge on any atom is 0.416 e. The fourth-order valence-electron chi connectivity index (χ4n) is 1.74. The molecule has 0 unspecified atom stereocenters. The van der Waals surface area contributed by atoms with Gasteiger partial charge in [-0.05, 0) is 31.2 Å². The largest absolute Gasteiger partial charge is 0.436 e. The SMILES string of the molecule is C\C=C(F)/C(=C\C=N\O)c1nc2cc(C(F)(F)F)ccc2o1. The second-order valence-corrected chi connectivity index (χ2v) is 4.18. The second kappa shape index (κ2) is 6.00. The lowest BCUT2D eigenvalue weighted by Crippen LogP contribution is -2.03. The van der Waals surface area contributed by atoms with Crippen LogP contribution in [-0.2, 0) is 6.18 Å². The number of hydrogen-bond acceptors (Lipinski definition) is 4. The van der Waals surface area contributed by atoms with Crippen molar-refractivity contribution >= 4 is 22.9 Å². The lowest BCUT2D eigenvalue weighted by atomic mass is 10.2. The molecular formula is C14H10F4N2O2. The van der Waals surface area contributed by atoms with E-state index in [0.717, 1.165) is 36.6 Å². The van der Waals surface area contributed by atoms with E-state index in [9.17, 15) is 17.6 Å². The number of rotatable bonds is 3. The Hall–Kier alpha value is -2.64. The third-order valence-corrected chi connectivity index (χ3v) is 2.76. The molecule has 0 amide bonds. The zero-order valence-corrected chi connectivity index (χ0v) is 11.2. The first-order valence-electron chi connectivity index (χ1n) is 6.05. The Bertz CT molecular complexity index is 773. The van der Waals surface area contributed by atoms with Crippen LogP contribution < -0.4 is 0 Å². The number of aromatic nitrogens is 1. The molecule has 1 N–H and O–H groups in total. The molecule has 0 saturated carbocycles. The van der Waals surface area contributed by atoms with Crippen LogP contribution in [0.1, 0.15) is 18.4 Å². The Morgan fingerprint density at radius 2 is 2.09 bits per heavy atom. The first kappa shape index (κ1) is 15.7. The quantitative estimate of drug-likeness (QED) is 0.297. The van der Waals surface area contributed by atoms with Gasteiger partial charge in [0.15, 0.2) is 5.58 Å². The lowest BCUT2D eigenvalue weighted by molar-refractivity contribution is -0.137. The van der Waals surface area contributed by atoms with E-state index >= 15 is 0 Å². The second-order valence-electron chi connectivity index (χ2n) is 4.18. The molecule has 2 rings (SSSR count). The van der Waals surface area contributed by atoms with Crippen LogP contribution in [0, 0.1) is 0 Å². The van der Waals surface area contributed by atoms with Crippen LogP contribution in [0.15, 0.2) is 45.8 Å². The van der Waals surface area contributed by atoms with Crippen molar-refractivity contribution in [1.82, 2.24) is 4.98 Å². The van der Waals surface area contributed by atoms with Gasteiger partial charge in [-0.3, -0.25) is 0 Å². The van der Waals surface area contributed by atoms with E-state index < -0.39 is 17.6 Å². The Morgan fingerprint density at radius 1 is 1.36 bits per heavy atom. The van der Waals surface area contributed by atoms with Gasteiger partial charge in [-0.25, -0.2) is 9.37 Å². The van der Waals surface area contributed by atoms with Gasteiger partial charge in [-0.2, -0.15) is 13.2 Å². The van der Waals surface area contributed by atoms with Gasteiger partial charge < -0.3 is 9.62 Å². The van der Waals surface area contributed by atoms with Crippen molar-refractivity contribution in [2.45, 2.75) is 13.1 Å². The average Bonchev–Trinajstić information content (AvgIpc) is 2.88. The summed E-state index contributed by atoms with van der Waals surface area (Å²) in [4.78, 5) is 3.85. The standard InChI is InChI=1S/C14H10F4N2O2/c1-2-10(15)9(5-6-19-21)13-20-11-7-8(14(16,17)18)3-4-12(11)22-13/h2-7,21H,1H3/b9-5+,10-2+,19-6+. The number of nitrogens with zero attached hydrogens (tertiary/aromatic N) is 2. The number of oxazole rings is 1. The molecule has 0 aliphatic rings. The number of oxime groups is 1. The summed E-state index contributed by atoms with van der Waals surface area (Å²) in [6, 6.07) is 2.77. The lowest BCUT2D eigenvalue weighted by Gasteiger charge is -2.04. The highest BCUT2D eigenvalue weighted by Gasteiger charge is 2.31. The molecular weight excluding hydrogens is 304 g/mol. The summed E-state index contributed by atoms with van der Waals surface area (Å²) in [6.45, 7) is 1.42. The average molecular weight is 314 g/mol. The summed E-state index contributed by atoms with van der Waals surface area (Å²) in [5.74, 6) is -0.938. The molecule has 0 aliphatic heterocycles. The molecule has 8 heteroatoms. The summed E-state index contributed by atoms with van der Waals surface area (Å²) in [5.41, 5.74) is -1.00. The molecule has 0 radical (unpaired) electrons. The highest BCUT2D eigenvalue weighted by molar-refractivity contribution is 5.89. The maximum absolute atomic E-state index is 13.8. The van der Waals surface area contributed by atoms with Crippen LogP contribution in [-0.4, -0.2) is 16.4 Å². The number of allylic oxidation sites excluding steroid dienone is 4. The van der Waals surface area contributed by atoms with Crippen LogP contribution >= 0.6 is 0 Å². The first-order chi connectivity index (χ1) is 10.4. The molecule has 1 aromatic heterocycles. The van der Waals surface area contributed by atoms with E-state index in [1.54, 1.807) is 0 Å². The molecule has 0 saturated heterocycles. The topological polar surface area (TPSA) is 58.6 Å². The fourth-order valence-corrected chi connectivity index (χ4v) is 1.74. The zero-order chi connectivity index (χ0) is 16.3. The van der Waals surface area contributed by atoms with Crippen molar-refractivity contribution in [2.75, 3.05) is 0 Å². The molecule has 1 heterocycles. The Labute approximate surface area is 122 Å². The van der Waals surface area contributed by atoms with Crippen LogP contribution in [0.5, 0.6) is 0 Å². The van der Waals surface area contributed by atoms with Gasteiger partial charge in [0, 0.05) is 0 Å². The summed E-state index contributed by atoms with van der Waals surface area (Å²) in [5, 5.41) is 11.1. The Kier molecular flexibility index (Phi) is 4.30. The molecule has 4 nitrogen and oxygen atoms in total. The van der Waals surface area contributed by atoms with E-state index in [2.05, 4.69) is 10.1 Å². The highest BCUT2D eigenvalue weighted by atomic mass is 19.4. The predicted molar refractivity (Wildman–Crippen MR) is 72.1 cm³/mol. The van der Waals surface area contributed by atoms with E-state index in [-0.39, 0.29) is 22.6 Å². The Balaban J connectivity index is 2.56. The molecule has 0 fully saturated rings. The van der Waals surface area contributed by atoms with Gasteiger partial charge in [-0.1, -0.05) is 11.2 Å². The molecule has 116 valence electrons. The minimum Gasteiger partial charge on any atom is -0.436 e. The molecule has 0 aliphatic carbocycles. The molecule has 1 aromatic carbocycles. The predicted octanol–water partition coefficient (Wildman–Crippen LogP) is 4.56. The zero-order valence-electron chi connectivity index (χ0n) is 11.2. The number of hydrogen-bond donors (Lipinski definition) is 1. The number of alkyl halides is 3. The minimum absolute atomic E-state index is 0.0550. The first-order valence-corrected chi connectivity index (χ1v) is 6.05. The van der Waals surface area contributed by atoms with Gasteiger partial charge in [-0.15, -0.1) is 0 Å². The van der Waals surface area contributed by atoms with Crippen LogP contribution in [0.25, 0.3) is 16.7 Å². The van der Waals surface area contributed by atoms with Crippen LogP contribution in [0.2, 0.25) is 0 Å². The summed E-state index contributed by atoms with van der Waals surface area (Å²) in [7, 11) is 0. The van der Waals surface area contributed by atoms with Crippen molar-refractivity contribution in [3.63, 3.8) is 0 Å². The van der Waals surface area contributed by atoms with Crippen molar-refractivity contribution in [3.8, 4) is 0 Å². The Morgan fingerprint density at radius 3 is 2.68 bits per heavy atom.